The molecule has 1 aromatic carbocycles. The summed E-state index contributed by atoms with van der Waals surface area (Å²) in [7, 11) is 0. The van der Waals surface area contributed by atoms with Crippen molar-refractivity contribution in [1.29, 1.82) is 0 Å². The van der Waals surface area contributed by atoms with Crippen molar-refractivity contribution in [3.05, 3.63) is 29.8 Å². The van der Waals surface area contributed by atoms with Crippen LogP contribution >= 0.6 is 0 Å². The van der Waals surface area contributed by atoms with Crippen molar-refractivity contribution in [3.63, 3.8) is 0 Å². The Kier molecular flexibility index (Phi) is 4.00. The van der Waals surface area contributed by atoms with Gasteiger partial charge in [0.2, 0.25) is 0 Å². The van der Waals surface area contributed by atoms with Crippen LogP contribution in [0.3, 0.4) is 0 Å². The number of benzene rings is 1. The molecule has 4 heteroatoms. The minimum atomic E-state index is -0.238. The van der Waals surface area contributed by atoms with Gasteiger partial charge in [0, 0.05) is 5.69 Å². The number of amides is 1. The van der Waals surface area contributed by atoms with Gasteiger partial charge in [0.1, 0.15) is 6.61 Å². The van der Waals surface area contributed by atoms with Gasteiger partial charge in [0.25, 0.3) is 5.91 Å². The highest BCUT2D eigenvalue weighted by atomic mass is 16.5. The molecular formula is C17H24N2O2. The third-order valence-electron chi connectivity index (χ3n) is 4.91. The number of anilines is 1. The van der Waals surface area contributed by atoms with Crippen molar-refractivity contribution >= 4 is 11.6 Å². The Morgan fingerprint density at radius 2 is 2.00 bits per heavy atom. The summed E-state index contributed by atoms with van der Waals surface area (Å²) < 4.78 is 5.99. The summed E-state index contributed by atoms with van der Waals surface area (Å²) in [6.45, 7) is 7.15. The number of hydrogen-bond donors (Lipinski definition) is 1. The Labute approximate surface area is 126 Å². The summed E-state index contributed by atoms with van der Waals surface area (Å²) in [5.41, 5.74) is 1.92. The number of ether oxygens (including phenoxy) is 1. The number of carbonyl (C=O) groups is 1. The SMILES string of the molecule is Cc1ccccc1N1CC(C)(C2CCNCC2)OCC1=O. The first-order valence-corrected chi connectivity index (χ1v) is 7.81. The number of para-hydroxylation sites is 1. The van der Waals surface area contributed by atoms with Crippen molar-refractivity contribution in [2.75, 3.05) is 31.1 Å². The van der Waals surface area contributed by atoms with E-state index in [9.17, 15) is 4.79 Å². The van der Waals surface area contributed by atoms with Crippen molar-refractivity contribution in [3.8, 4) is 0 Å². The number of aryl methyl sites for hydroxylation is 1. The van der Waals surface area contributed by atoms with E-state index < -0.39 is 0 Å². The Morgan fingerprint density at radius 1 is 1.29 bits per heavy atom. The lowest BCUT2D eigenvalue weighted by Crippen LogP contribution is -2.58. The van der Waals surface area contributed by atoms with E-state index in [2.05, 4.69) is 25.2 Å². The Hall–Kier alpha value is -1.39. The normalized spacial score (nSPS) is 27.9. The molecule has 1 unspecified atom stereocenters. The summed E-state index contributed by atoms with van der Waals surface area (Å²) in [5, 5.41) is 3.40. The van der Waals surface area contributed by atoms with Gasteiger partial charge in [-0.3, -0.25) is 4.79 Å². The van der Waals surface area contributed by atoms with Gasteiger partial charge < -0.3 is 15.0 Å². The number of nitrogens with one attached hydrogen (secondary N) is 1. The number of carbonyl (C=O) groups excluding carboxylic acids is 1. The molecule has 1 N–H and O–H groups in total. The standard InChI is InChI=1S/C17H24N2O2/c1-13-5-3-4-6-15(13)19-12-17(2,21-11-16(19)20)14-7-9-18-10-8-14/h3-6,14,18H,7-12H2,1-2H3. The fraction of sp³-hybridized carbons (Fsp3) is 0.588. The fourth-order valence-corrected chi connectivity index (χ4v) is 3.52. The molecule has 2 heterocycles. The fourth-order valence-electron chi connectivity index (χ4n) is 3.52. The summed E-state index contributed by atoms with van der Waals surface area (Å²) in [5.74, 6) is 0.578. The van der Waals surface area contributed by atoms with E-state index in [0.717, 1.165) is 37.2 Å². The third kappa shape index (κ3) is 2.83. The maximum Gasteiger partial charge on any atom is 0.253 e. The molecule has 3 rings (SSSR count). The first kappa shape index (κ1) is 14.5. The van der Waals surface area contributed by atoms with Crippen molar-refractivity contribution in [2.24, 2.45) is 5.92 Å². The maximum atomic E-state index is 12.3. The number of morpholine rings is 1. The summed E-state index contributed by atoms with van der Waals surface area (Å²) in [6.07, 6.45) is 2.23. The average molecular weight is 288 g/mol. The molecule has 0 spiro atoms. The van der Waals surface area contributed by atoms with Crippen LogP contribution < -0.4 is 10.2 Å². The molecule has 2 fully saturated rings. The van der Waals surface area contributed by atoms with Gasteiger partial charge >= 0.3 is 0 Å². The van der Waals surface area contributed by atoms with Crippen LogP contribution in [0, 0.1) is 12.8 Å². The molecule has 1 atom stereocenters. The quantitative estimate of drug-likeness (QED) is 0.906. The molecular weight excluding hydrogens is 264 g/mol. The minimum absolute atomic E-state index is 0.0655. The maximum absolute atomic E-state index is 12.3. The van der Waals surface area contributed by atoms with Gasteiger partial charge in [0.15, 0.2) is 0 Å². The molecule has 2 aliphatic heterocycles. The van der Waals surface area contributed by atoms with Crippen LogP contribution in [-0.2, 0) is 9.53 Å². The first-order chi connectivity index (χ1) is 10.1. The van der Waals surface area contributed by atoms with E-state index >= 15 is 0 Å². The first-order valence-electron chi connectivity index (χ1n) is 7.81. The van der Waals surface area contributed by atoms with E-state index in [1.807, 2.05) is 23.1 Å². The second-order valence-electron chi connectivity index (χ2n) is 6.39. The largest absolute Gasteiger partial charge is 0.363 e. The zero-order valence-corrected chi connectivity index (χ0v) is 12.9. The van der Waals surface area contributed by atoms with Crippen LogP contribution in [0.25, 0.3) is 0 Å². The van der Waals surface area contributed by atoms with Crippen LogP contribution in [-0.4, -0.2) is 37.7 Å². The van der Waals surface area contributed by atoms with Crippen molar-refractivity contribution in [1.82, 2.24) is 5.32 Å². The zero-order valence-electron chi connectivity index (χ0n) is 12.9. The van der Waals surface area contributed by atoms with Gasteiger partial charge in [-0.2, -0.15) is 0 Å². The topological polar surface area (TPSA) is 41.6 Å². The van der Waals surface area contributed by atoms with Crippen LogP contribution in [0.1, 0.15) is 25.3 Å². The minimum Gasteiger partial charge on any atom is -0.363 e. The summed E-state index contributed by atoms with van der Waals surface area (Å²) >= 11 is 0. The van der Waals surface area contributed by atoms with Crippen LogP contribution in [0.4, 0.5) is 5.69 Å². The molecule has 4 nitrogen and oxygen atoms in total. The van der Waals surface area contributed by atoms with Gasteiger partial charge in [0.05, 0.1) is 12.1 Å². The molecule has 1 aromatic rings. The predicted molar refractivity (Wildman–Crippen MR) is 83.5 cm³/mol. The van der Waals surface area contributed by atoms with Crippen LogP contribution in [0.5, 0.6) is 0 Å². The molecule has 2 saturated heterocycles. The van der Waals surface area contributed by atoms with Crippen molar-refractivity contribution < 1.29 is 9.53 Å². The lowest BCUT2D eigenvalue weighted by atomic mass is 9.80. The highest BCUT2D eigenvalue weighted by Gasteiger charge is 2.43. The molecule has 21 heavy (non-hydrogen) atoms. The molecule has 1 amide bonds. The van der Waals surface area contributed by atoms with E-state index in [-0.39, 0.29) is 18.1 Å². The number of rotatable bonds is 2. The van der Waals surface area contributed by atoms with Crippen LogP contribution in [0.2, 0.25) is 0 Å². The van der Waals surface area contributed by atoms with Crippen LogP contribution in [0.15, 0.2) is 24.3 Å². The second kappa shape index (κ2) is 5.78. The molecule has 0 aliphatic carbocycles. The molecule has 0 radical (unpaired) electrons. The lowest BCUT2D eigenvalue weighted by molar-refractivity contribution is -0.144. The summed E-state index contributed by atoms with van der Waals surface area (Å²) in [6, 6.07) is 8.09. The van der Waals surface area contributed by atoms with Gasteiger partial charge in [-0.1, -0.05) is 18.2 Å². The molecule has 114 valence electrons. The number of hydrogen-bond acceptors (Lipinski definition) is 3. The highest BCUT2D eigenvalue weighted by Crippen LogP contribution is 2.35. The van der Waals surface area contributed by atoms with Gasteiger partial charge in [-0.25, -0.2) is 0 Å². The monoisotopic (exact) mass is 288 g/mol. The molecule has 0 saturated carbocycles. The Morgan fingerprint density at radius 3 is 2.71 bits per heavy atom. The van der Waals surface area contributed by atoms with Gasteiger partial charge in [-0.15, -0.1) is 0 Å². The smallest absolute Gasteiger partial charge is 0.253 e. The van der Waals surface area contributed by atoms with E-state index in [1.54, 1.807) is 0 Å². The highest BCUT2D eigenvalue weighted by molar-refractivity contribution is 5.95. The lowest BCUT2D eigenvalue weighted by Gasteiger charge is -2.46. The Balaban J connectivity index is 1.84. The molecule has 0 aromatic heterocycles. The third-order valence-corrected chi connectivity index (χ3v) is 4.91. The van der Waals surface area contributed by atoms with E-state index in [4.69, 9.17) is 4.74 Å². The van der Waals surface area contributed by atoms with Gasteiger partial charge in [-0.05, 0) is 57.3 Å². The average Bonchev–Trinajstić information content (AvgIpc) is 2.52. The Bertz CT molecular complexity index is 525. The number of nitrogens with zero attached hydrogens (tertiary/aromatic N) is 1. The second-order valence-corrected chi connectivity index (χ2v) is 6.39. The van der Waals surface area contributed by atoms with Crippen molar-refractivity contribution in [2.45, 2.75) is 32.3 Å². The number of piperidine rings is 1. The predicted octanol–water partition coefficient (Wildman–Crippen LogP) is 2.12. The van der Waals surface area contributed by atoms with E-state index in [0.29, 0.717) is 12.5 Å². The molecule has 2 aliphatic rings. The van der Waals surface area contributed by atoms with E-state index in [1.165, 1.54) is 0 Å². The summed E-state index contributed by atoms with van der Waals surface area (Å²) in [4.78, 5) is 14.2. The zero-order chi connectivity index (χ0) is 14.9. The molecule has 0 bridgehead atoms.